The summed E-state index contributed by atoms with van der Waals surface area (Å²) in [7, 11) is 0. The van der Waals surface area contributed by atoms with E-state index in [0.717, 1.165) is 49.9 Å². The zero-order chi connectivity index (χ0) is 16.2. The lowest BCUT2D eigenvalue weighted by atomic mass is 9.96. The summed E-state index contributed by atoms with van der Waals surface area (Å²) in [5.74, 6) is 0.751. The molecule has 1 atom stereocenters. The average molecular weight is 306 g/mol. The largest absolute Gasteiger partial charge is 0.378 e. The zero-order valence-corrected chi connectivity index (χ0v) is 13.7. The highest BCUT2D eigenvalue weighted by molar-refractivity contribution is 5.98. The number of aromatic nitrogens is 1. The Morgan fingerprint density at radius 1 is 1.45 bits per heavy atom. The Morgan fingerprint density at radius 3 is 2.73 bits per heavy atom. The number of rotatable bonds is 5. The van der Waals surface area contributed by atoms with Crippen LogP contribution in [0.5, 0.6) is 0 Å². The molecule has 1 aliphatic heterocycles. The second-order valence-electron chi connectivity index (χ2n) is 6.02. The lowest BCUT2D eigenvalue weighted by molar-refractivity contribution is -0.120. The summed E-state index contributed by atoms with van der Waals surface area (Å²) in [5.41, 5.74) is 6.72. The minimum atomic E-state index is -0.857. The third-order valence-electron chi connectivity index (χ3n) is 3.94. The van der Waals surface area contributed by atoms with Crippen molar-refractivity contribution in [1.82, 2.24) is 4.98 Å². The number of hydrogen-bond acceptors (Lipinski definition) is 5. The number of ether oxygens (including phenoxy) is 1. The van der Waals surface area contributed by atoms with Crippen molar-refractivity contribution in [3.63, 3.8) is 0 Å². The predicted molar refractivity (Wildman–Crippen MR) is 88.1 cm³/mol. The van der Waals surface area contributed by atoms with E-state index in [1.807, 2.05) is 26.0 Å². The van der Waals surface area contributed by atoms with Crippen LogP contribution in [0.1, 0.15) is 32.4 Å². The lowest BCUT2D eigenvalue weighted by Gasteiger charge is -2.28. The Hall–Kier alpha value is -1.66. The molecule has 1 aromatic heterocycles. The van der Waals surface area contributed by atoms with Gasteiger partial charge in [-0.25, -0.2) is 4.98 Å². The van der Waals surface area contributed by atoms with Crippen LogP contribution < -0.4 is 16.0 Å². The molecule has 6 heteroatoms. The molecule has 1 saturated heterocycles. The first-order valence-corrected chi connectivity index (χ1v) is 7.84. The number of carbonyl (C=O) groups is 1. The molecule has 3 N–H and O–H groups in total. The highest BCUT2D eigenvalue weighted by Crippen LogP contribution is 2.21. The molecule has 0 bridgehead atoms. The topological polar surface area (TPSA) is 80.5 Å². The summed E-state index contributed by atoms with van der Waals surface area (Å²) in [5, 5.41) is 2.90. The van der Waals surface area contributed by atoms with Gasteiger partial charge in [0.2, 0.25) is 5.91 Å². The van der Waals surface area contributed by atoms with Crippen LogP contribution in [0.25, 0.3) is 0 Å². The van der Waals surface area contributed by atoms with Crippen molar-refractivity contribution in [3.8, 4) is 0 Å². The molecule has 1 aliphatic rings. The maximum atomic E-state index is 12.3. The van der Waals surface area contributed by atoms with Crippen molar-refractivity contribution in [3.05, 3.63) is 17.8 Å². The van der Waals surface area contributed by atoms with E-state index >= 15 is 0 Å². The molecule has 0 aliphatic carbocycles. The number of anilines is 2. The summed E-state index contributed by atoms with van der Waals surface area (Å²) in [6.45, 7) is 8.81. The molecule has 1 fully saturated rings. The number of morpholine rings is 1. The Labute approximate surface area is 132 Å². The number of carbonyl (C=O) groups excluding carboxylic acids is 1. The second-order valence-corrected chi connectivity index (χ2v) is 6.02. The molecular weight excluding hydrogens is 280 g/mol. The highest BCUT2D eigenvalue weighted by Gasteiger charge is 2.27. The van der Waals surface area contributed by atoms with Crippen LogP contribution in [0.3, 0.4) is 0 Å². The number of amides is 1. The summed E-state index contributed by atoms with van der Waals surface area (Å²) in [6, 6.07) is 3.83. The van der Waals surface area contributed by atoms with Crippen molar-refractivity contribution in [2.75, 3.05) is 36.5 Å². The van der Waals surface area contributed by atoms with E-state index in [4.69, 9.17) is 10.5 Å². The molecule has 6 nitrogen and oxygen atoms in total. The third kappa shape index (κ3) is 3.96. The Balaban J connectivity index is 2.08. The molecule has 1 amide bonds. The van der Waals surface area contributed by atoms with Crippen LogP contribution >= 0.6 is 0 Å². The van der Waals surface area contributed by atoms with Crippen molar-refractivity contribution in [1.29, 1.82) is 0 Å². The van der Waals surface area contributed by atoms with Gasteiger partial charge in [0, 0.05) is 13.1 Å². The van der Waals surface area contributed by atoms with Gasteiger partial charge in [-0.2, -0.15) is 0 Å². The fourth-order valence-electron chi connectivity index (χ4n) is 2.55. The second kappa shape index (κ2) is 7.07. The molecule has 1 unspecified atom stereocenters. The molecule has 2 heterocycles. The minimum Gasteiger partial charge on any atom is -0.378 e. The molecule has 1 aromatic rings. The minimum absolute atomic E-state index is 0.168. The zero-order valence-electron chi connectivity index (χ0n) is 13.7. The molecule has 0 aromatic carbocycles. The fraction of sp³-hybridized carbons (Fsp3) is 0.625. The van der Waals surface area contributed by atoms with Gasteiger partial charge in [-0.3, -0.25) is 4.79 Å². The quantitative estimate of drug-likeness (QED) is 0.865. The molecule has 2 rings (SSSR count). The van der Waals surface area contributed by atoms with Crippen LogP contribution in [0.4, 0.5) is 11.5 Å². The predicted octanol–water partition coefficient (Wildman–Crippen LogP) is 1.68. The first kappa shape index (κ1) is 16.7. The van der Waals surface area contributed by atoms with Gasteiger partial charge in [0.15, 0.2) is 0 Å². The van der Waals surface area contributed by atoms with Crippen molar-refractivity contribution < 1.29 is 9.53 Å². The standard InChI is InChI=1S/C16H26N4O2/c1-4-7-16(3,17)15(21)19-13-5-6-14(18-12(13)2)20-8-10-22-11-9-20/h5-6H,4,7-11,17H2,1-3H3,(H,19,21). The summed E-state index contributed by atoms with van der Waals surface area (Å²) in [6.07, 6.45) is 1.52. The number of nitrogens with zero attached hydrogens (tertiary/aromatic N) is 2. The van der Waals surface area contributed by atoms with Crippen molar-refractivity contribution >= 4 is 17.4 Å². The lowest BCUT2D eigenvalue weighted by Crippen LogP contribution is -2.48. The number of nitrogens with one attached hydrogen (secondary N) is 1. The van der Waals surface area contributed by atoms with Crippen LogP contribution in [0.15, 0.2) is 12.1 Å². The van der Waals surface area contributed by atoms with Gasteiger partial charge in [0.05, 0.1) is 30.1 Å². The van der Waals surface area contributed by atoms with Gasteiger partial charge in [-0.05, 0) is 32.4 Å². The Kier molecular flexibility index (Phi) is 5.37. The normalized spacial score (nSPS) is 17.9. The third-order valence-corrected chi connectivity index (χ3v) is 3.94. The highest BCUT2D eigenvalue weighted by atomic mass is 16.5. The van der Waals surface area contributed by atoms with E-state index in [1.165, 1.54) is 0 Å². The number of pyridine rings is 1. The Morgan fingerprint density at radius 2 is 2.14 bits per heavy atom. The van der Waals surface area contributed by atoms with E-state index in [0.29, 0.717) is 6.42 Å². The van der Waals surface area contributed by atoms with E-state index in [9.17, 15) is 4.79 Å². The van der Waals surface area contributed by atoms with Gasteiger partial charge in [0.1, 0.15) is 5.82 Å². The molecule has 22 heavy (non-hydrogen) atoms. The molecule has 0 spiro atoms. The van der Waals surface area contributed by atoms with E-state index in [2.05, 4.69) is 15.2 Å². The SMILES string of the molecule is CCCC(C)(N)C(=O)Nc1ccc(N2CCOCC2)nc1C. The first-order valence-electron chi connectivity index (χ1n) is 7.84. The number of hydrogen-bond donors (Lipinski definition) is 2. The Bertz CT molecular complexity index is 525. The van der Waals surface area contributed by atoms with Crippen LogP contribution in [0.2, 0.25) is 0 Å². The van der Waals surface area contributed by atoms with E-state index in [-0.39, 0.29) is 5.91 Å². The monoisotopic (exact) mass is 306 g/mol. The first-order chi connectivity index (χ1) is 10.4. The molecule has 0 saturated carbocycles. The van der Waals surface area contributed by atoms with Crippen LogP contribution in [-0.2, 0) is 9.53 Å². The average Bonchev–Trinajstić information content (AvgIpc) is 2.50. The summed E-state index contributed by atoms with van der Waals surface area (Å²) >= 11 is 0. The molecule has 0 radical (unpaired) electrons. The fourth-order valence-corrected chi connectivity index (χ4v) is 2.55. The van der Waals surface area contributed by atoms with Gasteiger partial charge in [-0.1, -0.05) is 13.3 Å². The molecule has 122 valence electrons. The maximum Gasteiger partial charge on any atom is 0.244 e. The van der Waals surface area contributed by atoms with Crippen molar-refractivity contribution in [2.45, 2.75) is 39.2 Å². The van der Waals surface area contributed by atoms with E-state index in [1.54, 1.807) is 6.92 Å². The number of nitrogens with two attached hydrogens (primary N) is 1. The van der Waals surface area contributed by atoms with Gasteiger partial charge >= 0.3 is 0 Å². The number of aryl methyl sites for hydroxylation is 1. The van der Waals surface area contributed by atoms with Gasteiger partial charge in [-0.15, -0.1) is 0 Å². The van der Waals surface area contributed by atoms with E-state index < -0.39 is 5.54 Å². The summed E-state index contributed by atoms with van der Waals surface area (Å²) < 4.78 is 5.35. The van der Waals surface area contributed by atoms with Crippen LogP contribution in [-0.4, -0.2) is 42.7 Å². The van der Waals surface area contributed by atoms with Gasteiger partial charge in [0.25, 0.3) is 0 Å². The van der Waals surface area contributed by atoms with Gasteiger partial charge < -0.3 is 20.7 Å². The maximum absolute atomic E-state index is 12.3. The van der Waals surface area contributed by atoms with Crippen LogP contribution in [0, 0.1) is 6.92 Å². The van der Waals surface area contributed by atoms with Crippen molar-refractivity contribution in [2.24, 2.45) is 5.73 Å². The smallest absolute Gasteiger partial charge is 0.244 e. The summed E-state index contributed by atoms with van der Waals surface area (Å²) in [4.78, 5) is 19.1. The molecular formula is C16H26N4O2.